The number of carboxylic acid groups (broad SMARTS) is 2. The molecule has 11 heavy (non-hydrogen) atoms. The number of aliphatic carboxylic acids is 2. The van der Waals surface area contributed by atoms with E-state index in [1.807, 2.05) is 0 Å². The first-order valence-corrected chi connectivity index (χ1v) is 2.17. The third kappa shape index (κ3) is 9.64. The molecular weight excluding hydrogens is 163 g/mol. The van der Waals surface area contributed by atoms with E-state index in [9.17, 15) is 9.59 Å². The Bertz CT molecular complexity index is 164. The maximum absolute atomic E-state index is 9.87. The maximum Gasteiger partial charge on any atom is 1.00 e. The minimum absolute atomic E-state index is 0. The van der Waals surface area contributed by atoms with Crippen LogP contribution in [0.1, 0.15) is 6.42 Å². The smallest absolute Gasteiger partial charge is 0.870 e. The first kappa shape index (κ1) is 16.9. The molecule has 0 aliphatic carbocycles. The number of hydrogen-bond donors (Lipinski definition) is 2. The van der Waals surface area contributed by atoms with E-state index in [-0.39, 0.29) is 40.6 Å². The maximum atomic E-state index is 9.87. The molecule has 0 amide bonds. The van der Waals surface area contributed by atoms with Crippen molar-refractivity contribution in [1.29, 1.82) is 0 Å². The zero-order valence-electron chi connectivity index (χ0n) is 6.07. The molecule has 0 aliphatic heterocycles. The summed E-state index contributed by atoms with van der Waals surface area (Å²) >= 11 is 0. The molecule has 6 heteroatoms. The fraction of sp³-hybridized carbons (Fsp3) is 0.200. The van der Waals surface area contributed by atoms with E-state index in [4.69, 9.17) is 10.2 Å². The summed E-state index contributed by atoms with van der Waals surface area (Å²) in [7, 11) is 0. The largest absolute Gasteiger partial charge is 1.00 e. The van der Waals surface area contributed by atoms with Gasteiger partial charge < -0.3 is 15.7 Å². The molecule has 0 aromatic rings. The van der Waals surface area contributed by atoms with Gasteiger partial charge in [0.05, 0.1) is 6.42 Å². The van der Waals surface area contributed by atoms with Crippen LogP contribution in [-0.2, 0) is 9.59 Å². The van der Waals surface area contributed by atoms with Crippen LogP contribution < -0.4 is 29.6 Å². The second-order valence-electron chi connectivity index (χ2n) is 1.48. The van der Waals surface area contributed by atoms with E-state index in [2.05, 4.69) is 6.58 Å². The predicted octanol–water partition coefficient (Wildman–Crippen LogP) is -3.07. The molecule has 0 heterocycles. The van der Waals surface area contributed by atoms with Crippen molar-refractivity contribution in [3.63, 3.8) is 0 Å². The first-order valence-electron chi connectivity index (χ1n) is 2.17. The van der Waals surface area contributed by atoms with E-state index in [1.165, 1.54) is 0 Å². The van der Waals surface area contributed by atoms with Crippen LogP contribution in [0.15, 0.2) is 12.2 Å². The molecule has 0 fully saturated rings. The molecule has 0 aromatic carbocycles. The van der Waals surface area contributed by atoms with E-state index in [0.717, 1.165) is 0 Å². The summed E-state index contributed by atoms with van der Waals surface area (Å²) in [4.78, 5) is 19.7. The average Bonchev–Trinajstić information content (AvgIpc) is 1.63. The van der Waals surface area contributed by atoms with Gasteiger partial charge in [0.1, 0.15) is 0 Å². The molecule has 0 rings (SSSR count). The van der Waals surface area contributed by atoms with Gasteiger partial charge in [0.25, 0.3) is 0 Å². The van der Waals surface area contributed by atoms with Crippen molar-refractivity contribution in [2.45, 2.75) is 6.42 Å². The van der Waals surface area contributed by atoms with Crippen LogP contribution >= 0.6 is 0 Å². The molecule has 58 valence electrons. The number of hydrogen-bond acceptors (Lipinski definition) is 3. The molecule has 5 nitrogen and oxygen atoms in total. The van der Waals surface area contributed by atoms with Crippen LogP contribution in [0.25, 0.3) is 0 Å². The van der Waals surface area contributed by atoms with Crippen molar-refractivity contribution in [2.24, 2.45) is 0 Å². The Kier molecular flexibility index (Phi) is 11.9. The average molecular weight is 170 g/mol. The Morgan fingerprint density at radius 1 is 1.27 bits per heavy atom. The molecular formula is C5H7NaO5. The summed E-state index contributed by atoms with van der Waals surface area (Å²) in [5.41, 5.74) is -0.303. The molecule has 0 saturated carbocycles. The normalized spacial score (nSPS) is 6.91. The van der Waals surface area contributed by atoms with Crippen molar-refractivity contribution in [2.75, 3.05) is 0 Å². The van der Waals surface area contributed by atoms with Gasteiger partial charge in [-0.05, 0) is 0 Å². The quantitative estimate of drug-likeness (QED) is 0.345. The van der Waals surface area contributed by atoms with Crippen LogP contribution in [0, 0.1) is 0 Å². The molecule has 0 aromatic heterocycles. The second-order valence-corrected chi connectivity index (χ2v) is 1.48. The minimum Gasteiger partial charge on any atom is -0.870 e. The molecule has 0 unspecified atom stereocenters. The van der Waals surface area contributed by atoms with Crippen LogP contribution in [0.4, 0.5) is 0 Å². The fourth-order valence-electron chi connectivity index (χ4n) is 0.258. The van der Waals surface area contributed by atoms with Gasteiger partial charge in [0.15, 0.2) is 0 Å². The van der Waals surface area contributed by atoms with Gasteiger partial charge in [-0.15, -0.1) is 0 Å². The molecule has 0 atom stereocenters. The third-order valence-corrected chi connectivity index (χ3v) is 0.667. The van der Waals surface area contributed by atoms with E-state index >= 15 is 0 Å². The summed E-state index contributed by atoms with van der Waals surface area (Å²) in [6, 6.07) is 0. The molecule has 0 saturated heterocycles. The topological polar surface area (TPSA) is 105 Å². The van der Waals surface area contributed by atoms with Gasteiger partial charge in [0, 0.05) is 5.57 Å². The van der Waals surface area contributed by atoms with Crippen LogP contribution in [0.3, 0.4) is 0 Å². The third-order valence-electron chi connectivity index (χ3n) is 0.667. The Labute approximate surface area is 85.3 Å². The van der Waals surface area contributed by atoms with Gasteiger partial charge >= 0.3 is 41.5 Å². The fourth-order valence-corrected chi connectivity index (χ4v) is 0.258. The first-order chi connectivity index (χ1) is 4.04. The van der Waals surface area contributed by atoms with Crippen LogP contribution in [0.5, 0.6) is 0 Å². The Hall–Kier alpha value is -0.360. The van der Waals surface area contributed by atoms with Crippen molar-refractivity contribution in [3.05, 3.63) is 12.2 Å². The van der Waals surface area contributed by atoms with Crippen molar-refractivity contribution in [1.82, 2.24) is 0 Å². The van der Waals surface area contributed by atoms with E-state index in [1.54, 1.807) is 0 Å². The van der Waals surface area contributed by atoms with Crippen molar-refractivity contribution < 1.29 is 54.8 Å². The zero-order valence-corrected chi connectivity index (χ0v) is 8.07. The van der Waals surface area contributed by atoms with E-state index in [0.29, 0.717) is 0 Å². The summed E-state index contributed by atoms with van der Waals surface area (Å²) in [6.07, 6.45) is -0.505. The monoisotopic (exact) mass is 170 g/mol. The summed E-state index contributed by atoms with van der Waals surface area (Å²) in [5, 5.41) is 16.1. The summed E-state index contributed by atoms with van der Waals surface area (Å²) < 4.78 is 0. The summed E-state index contributed by atoms with van der Waals surface area (Å²) in [5.74, 6) is -2.44. The minimum atomic E-state index is -1.27. The number of carbonyl (C=O) groups is 2. The van der Waals surface area contributed by atoms with Crippen LogP contribution in [0.2, 0.25) is 0 Å². The van der Waals surface area contributed by atoms with Crippen molar-refractivity contribution >= 4 is 11.9 Å². The van der Waals surface area contributed by atoms with Crippen LogP contribution in [-0.4, -0.2) is 27.6 Å². The van der Waals surface area contributed by atoms with Gasteiger partial charge in [-0.25, -0.2) is 4.79 Å². The zero-order chi connectivity index (χ0) is 7.44. The molecule has 0 aliphatic rings. The predicted molar refractivity (Wildman–Crippen MR) is 31.0 cm³/mol. The molecule has 0 radical (unpaired) electrons. The van der Waals surface area contributed by atoms with Gasteiger partial charge in [-0.2, -0.15) is 0 Å². The second kappa shape index (κ2) is 7.74. The van der Waals surface area contributed by atoms with Gasteiger partial charge in [-0.3, -0.25) is 4.79 Å². The van der Waals surface area contributed by atoms with E-state index < -0.39 is 18.4 Å². The molecule has 0 bridgehead atoms. The van der Waals surface area contributed by atoms with Gasteiger partial charge in [-0.1, -0.05) is 6.58 Å². The number of rotatable bonds is 3. The molecule has 3 N–H and O–H groups in total. The Balaban J connectivity index is -0.000000320. The SMILES string of the molecule is C=C(CC(=O)O)C(=O)O.[Na+].[OH-]. The molecule has 0 spiro atoms. The Morgan fingerprint density at radius 3 is 1.73 bits per heavy atom. The number of carboxylic acids is 2. The Morgan fingerprint density at radius 2 is 1.64 bits per heavy atom. The van der Waals surface area contributed by atoms with Crippen molar-refractivity contribution in [3.8, 4) is 0 Å². The van der Waals surface area contributed by atoms with Gasteiger partial charge in [0.2, 0.25) is 0 Å². The standard InChI is InChI=1S/C5H6O4.Na.H2O/c1-3(5(8)9)2-4(6)7;;/h1-2H2,(H,6,7)(H,8,9);;1H2/q;+1;/p-1. The summed E-state index contributed by atoms with van der Waals surface area (Å²) in [6.45, 7) is 3.01.